The van der Waals surface area contributed by atoms with Gasteiger partial charge in [0.15, 0.2) is 0 Å². The SMILES string of the molecule is CC(Cc1ccccc1)(NC(=O)[C@@H]1CCCN1)C(=O)NCCCN.Cl.Cl. The largest absolute Gasteiger partial charge is 0.354 e. The number of carbonyl (C=O) groups excluding carboxylic acids is 2. The Bertz CT molecular complexity index is 553. The van der Waals surface area contributed by atoms with Gasteiger partial charge in [-0.2, -0.15) is 0 Å². The molecular weight excluding hydrogens is 375 g/mol. The summed E-state index contributed by atoms with van der Waals surface area (Å²) in [5, 5.41) is 9.03. The number of benzene rings is 1. The number of rotatable bonds is 8. The Morgan fingerprint density at radius 2 is 1.96 bits per heavy atom. The zero-order valence-electron chi connectivity index (χ0n) is 15.1. The van der Waals surface area contributed by atoms with Crippen LogP contribution in [0.15, 0.2) is 30.3 Å². The van der Waals surface area contributed by atoms with Crippen molar-refractivity contribution in [1.82, 2.24) is 16.0 Å². The number of nitrogens with two attached hydrogens (primary N) is 1. The van der Waals surface area contributed by atoms with Crippen molar-refractivity contribution in [3.8, 4) is 0 Å². The number of hydrogen-bond acceptors (Lipinski definition) is 4. The third kappa shape index (κ3) is 7.11. The van der Waals surface area contributed by atoms with E-state index in [2.05, 4.69) is 16.0 Å². The van der Waals surface area contributed by atoms with Crippen LogP contribution in [0, 0.1) is 0 Å². The van der Waals surface area contributed by atoms with Gasteiger partial charge in [0, 0.05) is 13.0 Å². The molecule has 1 aromatic carbocycles. The van der Waals surface area contributed by atoms with Gasteiger partial charge in [-0.15, -0.1) is 24.8 Å². The molecule has 1 fully saturated rings. The summed E-state index contributed by atoms with van der Waals surface area (Å²) in [4.78, 5) is 25.2. The molecule has 1 unspecified atom stereocenters. The summed E-state index contributed by atoms with van der Waals surface area (Å²) in [6.07, 6.45) is 2.95. The van der Waals surface area contributed by atoms with E-state index in [1.807, 2.05) is 30.3 Å². The summed E-state index contributed by atoms with van der Waals surface area (Å²) < 4.78 is 0. The van der Waals surface area contributed by atoms with Crippen molar-refractivity contribution in [3.63, 3.8) is 0 Å². The molecule has 0 radical (unpaired) electrons. The second-order valence-corrected chi connectivity index (χ2v) is 6.53. The summed E-state index contributed by atoms with van der Waals surface area (Å²) in [5.41, 5.74) is 5.50. The van der Waals surface area contributed by atoms with Crippen LogP contribution in [-0.4, -0.2) is 43.0 Å². The molecule has 0 aromatic heterocycles. The summed E-state index contributed by atoms with van der Waals surface area (Å²) in [7, 11) is 0. The van der Waals surface area contributed by atoms with E-state index in [9.17, 15) is 9.59 Å². The molecule has 148 valence electrons. The van der Waals surface area contributed by atoms with E-state index in [4.69, 9.17) is 5.73 Å². The van der Waals surface area contributed by atoms with Crippen molar-refractivity contribution in [3.05, 3.63) is 35.9 Å². The molecule has 0 spiro atoms. The van der Waals surface area contributed by atoms with Crippen molar-refractivity contribution < 1.29 is 9.59 Å². The lowest BCUT2D eigenvalue weighted by Crippen LogP contribution is -2.61. The summed E-state index contributed by atoms with van der Waals surface area (Å²) in [5.74, 6) is -0.286. The summed E-state index contributed by atoms with van der Waals surface area (Å²) in [6, 6.07) is 9.52. The van der Waals surface area contributed by atoms with Crippen molar-refractivity contribution in [2.75, 3.05) is 19.6 Å². The van der Waals surface area contributed by atoms with E-state index in [0.29, 0.717) is 25.9 Å². The van der Waals surface area contributed by atoms with Crippen LogP contribution < -0.4 is 21.7 Å². The van der Waals surface area contributed by atoms with E-state index in [0.717, 1.165) is 24.9 Å². The molecular formula is C18H30Cl2N4O2. The second kappa shape index (κ2) is 12.1. The van der Waals surface area contributed by atoms with Gasteiger partial charge in [-0.05, 0) is 44.8 Å². The minimum absolute atomic E-state index is 0. The Morgan fingerprint density at radius 1 is 1.27 bits per heavy atom. The first-order valence-corrected chi connectivity index (χ1v) is 8.63. The second-order valence-electron chi connectivity index (χ2n) is 6.53. The fourth-order valence-corrected chi connectivity index (χ4v) is 2.95. The molecule has 0 saturated carbocycles. The molecule has 0 bridgehead atoms. The van der Waals surface area contributed by atoms with Crippen LogP contribution in [0.5, 0.6) is 0 Å². The predicted molar refractivity (Wildman–Crippen MR) is 109 cm³/mol. The van der Waals surface area contributed by atoms with E-state index >= 15 is 0 Å². The zero-order valence-corrected chi connectivity index (χ0v) is 16.8. The summed E-state index contributed by atoms with van der Waals surface area (Å²) in [6.45, 7) is 3.66. The van der Waals surface area contributed by atoms with E-state index in [1.54, 1.807) is 6.92 Å². The molecule has 1 aliphatic heterocycles. The molecule has 2 rings (SSSR count). The normalized spacial score (nSPS) is 18.0. The average molecular weight is 405 g/mol. The maximum atomic E-state index is 12.7. The Hall–Kier alpha value is -1.34. The Balaban J connectivity index is 0.00000312. The minimum atomic E-state index is -0.989. The zero-order chi connectivity index (χ0) is 17.4. The van der Waals surface area contributed by atoms with Crippen LogP contribution in [0.1, 0.15) is 31.7 Å². The highest BCUT2D eigenvalue weighted by Gasteiger charge is 2.37. The van der Waals surface area contributed by atoms with Gasteiger partial charge in [0.05, 0.1) is 6.04 Å². The topological polar surface area (TPSA) is 96.2 Å². The van der Waals surface area contributed by atoms with Crippen LogP contribution >= 0.6 is 24.8 Å². The first-order valence-electron chi connectivity index (χ1n) is 8.63. The number of amides is 2. The van der Waals surface area contributed by atoms with Crippen molar-refractivity contribution in [2.45, 2.75) is 44.2 Å². The van der Waals surface area contributed by atoms with Gasteiger partial charge in [0.1, 0.15) is 5.54 Å². The number of hydrogen-bond donors (Lipinski definition) is 4. The first-order chi connectivity index (χ1) is 11.5. The fourth-order valence-electron chi connectivity index (χ4n) is 2.95. The molecule has 8 heteroatoms. The average Bonchev–Trinajstić information content (AvgIpc) is 3.10. The van der Waals surface area contributed by atoms with E-state index in [-0.39, 0.29) is 42.7 Å². The lowest BCUT2D eigenvalue weighted by molar-refractivity contribution is -0.133. The molecule has 1 aliphatic rings. The number of halogens is 2. The van der Waals surface area contributed by atoms with Gasteiger partial charge in [-0.3, -0.25) is 9.59 Å². The predicted octanol–water partition coefficient (Wildman–Crippen LogP) is 1.16. The van der Waals surface area contributed by atoms with Crippen LogP contribution in [-0.2, 0) is 16.0 Å². The maximum absolute atomic E-state index is 12.7. The Kier molecular flexibility index (Phi) is 11.5. The molecule has 2 amide bonds. The molecule has 1 aromatic rings. The van der Waals surface area contributed by atoms with Crippen LogP contribution in [0.4, 0.5) is 0 Å². The molecule has 1 saturated heterocycles. The van der Waals surface area contributed by atoms with Gasteiger partial charge >= 0.3 is 0 Å². The van der Waals surface area contributed by atoms with E-state index < -0.39 is 5.54 Å². The number of nitrogens with one attached hydrogen (secondary N) is 3. The van der Waals surface area contributed by atoms with Crippen molar-refractivity contribution in [2.24, 2.45) is 5.73 Å². The van der Waals surface area contributed by atoms with Gasteiger partial charge in [-0.1, -0.05) is 30.3 Å². The van der Waals surface area contributed by atoms with Gasteiger partial charge in [0.2, 0.25) is 11.8 Å². The van der Waals surface area contributed by atoms with Gasteiger partial charge < -0.3 is 21.7 Å². The molecule has 26 heavy (non-hydrogen) atoms. The van der Waals surface area contributed by atoms with Crippen LogP contribution in [0.2, 0.25) is 0 Å². The van der Waals surface area contributed by atoms with Crippen LogP contribution in [0.25, 0.3) is 0 Å². The first kappa shape index (κ1) is 24.7. The van der Waals surface area contributed by atoms with Crippen LogP contribution in [0.3, 0.4) is 0 Å². The van der Waals surface area contributed by atoms with Crippen molar-refractivity contribution >= 4 is 36.6 Å². The standard InChI is InChI=1S/C18H28N4O2.2ClH/c1-18(17(24)21-12-6-10-19,13-14-7-3-2-4-8-14)22-16(23)15-9-5-11-20-15;;/h2-4,7-8,15,20H,5-6,9-13,19H2,1H3,(H,21,24)(H,22,23);2*1H/t15-,18?;;/m0../s1. The monoisotopic (exact) mass is 404 g/mol. The molecule has 1 heterocycles. The maximum Gasteiger partial charge on any atom is 0.245 e. The highest BCUT2D eigenvalue weighted by molar-refractivity contribution is 5.93. The number of carbonyl (C=O) groups is 2. The highest BCUT2D eigenvalue weighted by atomic mass is 35.5. The van der Waals surface area contributed by atoms with Gasteiger partial charge in [0.25, 0.3) is 0 Å². The highest BCUT2D eigenvalue weighted by Crippen LogP contribution is 2.16. The molecule has 5 N–H and O–H groups in total. The molecule has 2 atom stereocenters. The third-order valence-corrected chi connectivity index (χ3v) is 4.34. The van der Waals surface area contributed by atoms with Crippen molar-refractivity contribution in [1.29, 1.82) is 0 Å². The Labute approximate surface area is 167 Å². The lowest BCUT2D eigenvalue weighted by Gasteiger charge is -2.31. The lowest BCUT2D eigenvalue weighted by atomic mass is 9.91. The molecule has 6 nitrogen and oxygen atoms in total. The Morgan fingerprint density at radius 3 is 2.54 bits per heavy atom. The molecule has 0 aliphatic carbocycles. The fraction of sp³-hybridized carbons (Fsp3) is 0.556. The third-order valence-electron chi connectivity index (χ3n) is 4.34. The van der Waals surface area contributed by atoms with Gasteiger partial charge in [-0.25, -0.2) is 0 Å². The van der Waals surface area contributed by atoms with E-state index in [1.165, 1.54) is 0 Å². The smallest absolute Gasteiger partial charge is 0.245 e. The quantitative estimate of drug-likeness (QED) is 0.488. The minimum Gasteiger partial charge on any atom is -0.354 e. The summed E-state index contributed by atoms with van der Waals surface area (Å²) >= 11 is 0.